The second kappa shape index (κ2) is 6.07. The van der Waals surface area contributed by atoms with Gasteiger partial charge in [-0.05, 0) is 25.1 Å². The molecule has 0 amide bonds. The number of benzene rings is 2. The van der Waals surface area contributed by atoms with Crippen molar-refractivity contribution in [3.05, 3.63) is 72.6 Å². The smallest absolute Gasteiger partial charge is 0.234 e. The molecule has 4 aromatic rings. The summed E-state index contributed by atoms with van der Waals surface area (Å²) >= 11 is 0. The van der Waals surface area contributed by atoms with E-state index in [0.717, 1.165) is 22.5 Å². The van der Waals surface area contributed by atoms with Crippen LogP contribution in [-0.2, 0) is 9.84 Å². The van der Waals surface area contributed by atoms with Gasteiger partial charge in [0.2, 0.25) is 5.78 Å². The van der Waals surface area contributed by atoms with Gasteiger partial charge >= 0.3 is 0 Å². The Balaban J connectivity index is 1.96. The van der Waals surface area contributed by atoms with Gasteiger partial charge in [0.1, 0.15) is 0 Å². The standard InChI is InChI=1S/C20H17N3O2S/c1-14-4-6-15(7-5-14)18-19(23-13-3-12-21-20(23)22-18)16-8-10-17(11-9-16)26(2,24)25/h3-13H,1-2H3. The summed E-state index contributed by atoms with van der Waals surface area (Å²) in [6, 6.07) is 16.9. The first-order valence-corrected chi connectivity index (χ1v) is 10.0. The van der Waals surface area contributed by atoms with Crippen LogP contribution in [0.3, 0.4) is 0 Å². The van der Waals surface area contributed by atoms with Crippen molar-refractivity contribution >= 4 is 15.6 Å². The molecule has 0 atom stereocenters. The van der Waals surface area contributed by atoms with E-state index in [0.29, 0.717) is 10.7 Å². The fourth-order valence-corrected chi connectivity index (χ4v) is 3.57. The van der Waals surface area contributed by atoms with Crippen molar-refractivity contribution in [2.45, 2.75) is 11.8 Å². The van der Waals surface area contributed by atoms with Crippen LogP contribution < -0.4 is 0 Å². The molecule has 0 spiro atoms. The topological polar surface area (TPSA) is 64.3 Å². The lowest BCUT2D eigenvalue weighted by Gasteiger charge is -2.07. The minimum absolute atomic E-state index is 0.296. The third-order valence-electron chi connectivity index (χ3n) is 4.28. The summed E-state index contributed by atoms with van der Waals surface area (Å²) in [4.78, 5) is 9.33. The molecule has 0 aliphatic heterocycles. The first kappa shape index (κ1) is 16.5. The van der Waals surface area contributed by atoms with Crippen molar-refractivity contribution in [1.29, 1.82) is 0 Å². The number of sulfone groups is 1. The molecule has 6 heteroatoms. The molecule has 0 saturated heterocycles. The zero-order valence-electron chi connectivity index (χ0n) is 14.4. The van der Waals surface area contributed by atoms with E-state index in [1.807, 2.05) is 60.0 Å². The highest BCUT2D eigenvalue weighted by molar-refractivity contribution is 7.90. The first-order valence-electron chi connectivity index (χ1n) is 8.14. The van der Waals surface area contributed by atoms with Gasteiger partial charge in [-0.3, -0.25) is 4.40 Å². The zero-order valence-corrected chi connectivity index (χ0v) is 15.2. The molecule has 0 aliphatic rings. The highest BCUT2D eigenvalue weighted by Crippen LogP contribution is 2.32. The van der Waals surface area contributed by atoms with E-state index in [1.165, 1.54) is 11.8 Å². The predicted molar refractivity (Wildman–Crippen MR) is 102 cm³/mol. The fourth-order valence-electron chi connectivity index (χ4n) is 2.94. The summed E-state index contributed by atoms with van der Waals surface area (Å²) in [7, 11) is -3.23. The molecule has 2 aromatic carbocycles. The van der Waals surface area contributed by atoms with Gasteiger partial charge in [0.25, 0.3) is 0 Å². The van der Waals surface area contributed by atoms with Crippen LogP contribution in [-0.4, -0.2) is 29.0 Å². The van der Waals surface area contributed by atoms with E-state index in [9.17, 15) is 8.42 Å². The quantitative estimate of drug-likeness (QED) is 0.556. The number of hydrogen-bond acceptors (Lipinski definition) is 4. The SMILES string of the molecule is Cc1ccc(-c2nc3ncccn3c2-c2ccc(S(C)(=O)=O)cc2)cc1. The van der Waals surface area contributed by atoms with E-state index in [1.54, 1.807) is 18.3 Å². The van der Waals surface area contributed by atoms with Gasteiger partial charge in [-0.1, -0.05) is 42.0 Å². The first-order chi connectivity index (χ1) is 12.4. The van der Waals surface area contributed by atoms with Crippen molar-refractivity contribution < 1.29 is 8.42 Å². The van der Waals surface area contributed by atoms with E-state index in [2.05, 4.69) is 4.98 Å². The summed E-state index contributed by atoms with van der Waals surface area (Å²) in [6.45, 7) is 2.04. The molecule has 0 radical (unpaired) electrons. The number of aromatic nitrogens is 3. The van der Waals surface area contributed by atoms with Crippen LogP contribution in [0, 0.1) is 6.92 Å². The van der Waals surface area contributed by atoms with Crippen LogP contribution in [0.25, 0.3) is 28.3 Å². The number of fused-ring (bicyclic) bond motifs is 1. The van der Waals surface area contributed by atoms with Crippen LogP contribution in [0.4, 0.5) is 0 Å². The van der Waals surface area contributed by atoms with Crippen LogP contribution in [0.2, 0.25) is 0 Å². The number of aryl methyl sites for hydroxylation is 1. The molecule has 0 N–H and O–H groups in total. The van der Waals surface area contributed by atoms with Crippen molar-refractivity contribution in [1.82, 2.24) is 14.4 Å². The Labute approximate surface area is 151 Å². The fraction of sp³-hybridized carbons (Fsp3) is 0.100. The van der Waals surface area contributed by atoms with Gasteiger partial charge in [0.05, 0.1) is 16.3 Å². The molecule has 0 bridgehead atoms. The monoisotopic (exact) mass is 363 g/mol. The van der Waals surface area contributed by atoms with Gasteiger partial charge in [-0.15, -0.1) is 0 Å². The molecule has 0 fully saturated rings. The lowest BCUT2D eigenvalue weighted by molar-refractivity contribution is 0.602. The zero-order chi connectivity index (χ0) is 18.3. The number of rotatable bonds is 3. The Hall–Kier alpha value is -2.99. The molecule has 130 valence electrons. The van der Waals surface area contributed by atoms with Gasteiger partial charge in [-0.2, -0.15) is 0 Å². The predicted octanol–water partition coefficient (Wildman–Crippen LogP) is 3.78. The van der Waals surface area contributed by atoms with Gasteiger partial charge in [0.15, 0.2) is 9.84 Å². The molecule has 0 aliphatic carbocycles. The summed E-state index contributed by atoms with van der Waals surface area (Å²) in [6.07, 6.45) is 4.82. The maximum atomic E-state index is 11.7. The third kappa shape index (κ3) is 2.88. The minimum Gasteiger partial charge on any atom is -0.283 e. The molecule has 0 unspecified atom stereocenters. The second-order valence-corrected chi connectivity index (χ2v) is 8.28. The molecule has 0 saturated carbocycles. The van der Waals surface area contributed by atoms with Crippen molar-refractivity contribution in [3.63, 3.8) is 0 Å². The number of nitrogens with zero attached hydrogens (tertiary/aromatic N) is 3. The Bertz CT molecular complexity index is 1190. The largest absolute Gasteiger partial charge is 0.283 e. The Morgan fingerprint density at radius 2 is 1.58 bits per heavy atom. The molecular weight excluding hydrogens is 346 g/mol. The Morgan fingerprint density at radius 3 is 2.23 bits per heavy atom. The highest BCUT2D eigenvalue weighted by atomic mass is 32.2. The van der Waals surface area contributed by atoms with Crippen molar-refractivity contribution in [3.8, 4) is 22.5 Å². The van der Waals surface area contributed by atoms with Crippen LogP contribution in [0.15, 0.2) is 71.9 Å². The van der Waals surface area contributed by atoms with Gasteiger partial charge in [-0.25, -0.2) is 18.4 Å². The third-order valence-corrected chi connectivity index (χ3v) is 5.41. The maximum absolute atomic E-state index is 11.7. The average molecular weight is 363 g/mol. The minimum atomic E-state index is -3.23. The van der Waals surface area contributed by atoms with Crippen molar-refractivity contribution in [2.75, 3.05) is 6.26 Å². The van der Waals surface area contributed by atoms with E-state index in [-0.39, 0.29) is 0 Å². The number of imidazole rings is 1. The summed E-state index contributed by atoms with van der Waals surface area (Å²) in [5, 5.41) is 0. The van der Waals surface area contributed by atoms with E-state index < -0.39 is 9.84 Å². The lowest BCUT2D eigenvalue weighted by atomic mass is 10.0. The number of hydrogen-bond donors (Lipinski definition) is 0. The second-order valence-electron chi connectivity index (χ2n) is 6.26. The summed E-state index contributed by atoms with van der Waals surface area (Å²) in [5.74, 6) is 0.602. The maximum Gasteiger partial charge on any atom is 0.234 e. The molecule has 4 rings (SSSR count). The van der Waals surface area contributed by atoms with Gasteiger partial charge in [0, 0.05) is 29.8 Å². The molecule has 26 heavy (non-hydrogen) atoms. The Morgan fingerprint density at radius 1 is 0.923 bits per heavy atom. The molecule has 5 nitrogen and oxygen atoms in total. The van der Waals surface area contributed by atoms with Crippen LogP contribution in [0.1, 0.15) is 5.56 Å². The highest BCUT2D eigenvalue weighted by Gasteiger charge is 2.17. The normalized spacial score (nSPS) is 11.8. The molecule has 2 aromatic heterocycles. The summed E-state index contributed by atoms with van der Waals surface area (Å²) in [5.41, 5.74) is 4.75. The Kier molecular flexibility index (Phi) is 3.85. The summed E-state index contributed by atoms with van der Waals surface area (Å²) < 4.78 is 25.4. The van der Waals surface area contributed by atoms with E-state index in [4.69, 9.17) is 4.98 Å². The molecule has 2 heterocycles. The van der Waals surface area contributed by atoms with Gasteiger partial charge < -0.3 is 0 Å². The van der Waals surface area contributed by atoms with E-state index >= 15 is 0 Å². The van der Waals surface area contributed by atoms with Crippen LogP contribution in [0.5, 0.6) is 0 Å². The molecular formula is C20H17N3O2S. The van der Waals surface area contributed by atoms with Crippen molar-refractivity contribution in [2.24, 2.45) is 0 Å². The van der Waals surface area contributed by atoms with Crippen LogP contribution >= 0.6 is 0 Å². The lowest BCUT2D eigenvalue weighted by Crippen LogP contribution is -1.97. The average Bonchev–Trinajstić information content (AvgIpc) is 3.01.